The number of nitrogens with zero attached hydrogens (tertiary/aromatic N) is 2. The van der Waals surface area contributed by atoms with Crippen LogP contribution in [0.2, 0.25) is 0 Å². The first kappa shape index (κ1) is 14.3. The van der Waals surface area contributed by atoms with Crippen molar-refractivity contribution in [3.05, 3.63) is 64.3 Å². The number of hydrogen-bond acceptors (Lipinski definition) is 2. The van der Waals surface area contributed by atoms with Gasteiger partial charge in [0.05, 0.1) is 11.2 Å². The third-order valence-electron chi connectivity index (χ3n) is 3.75. The largest absolute Gasteiger partial charge is 0.324 e. The summed E-state index contributed by atoms with van der Waals surface area (Å²) >= 11 is 3.57. The zero-order valence-electron chi connectivity index (χ0n) is 12.0. The van der Waals surface area contributed by atoms with Crippen LogP contribution in [-0.2, 0) is 13.0 Å². The van der Waals surface area contributed by atoms with Crippen molar-refractivity contribution in [2.75, 3.05) is 0 Å². The van der Waals surface area contributed by atoms with E-state index in [1.165, 1.54) is 10.9 Å². The quantitative estimate of drug-likeness (QED) is 0.776. The fourth-order valence-corrected chi connectivity index (χ4v) is 3.26. The summed E-state index contributed by atoms with van der Waals surface area (Å²) in [5.41, 5.74) is 9.75. The van der Waals surface area contributed by atoms with Crippen LogP contribution in [0.1, 0.15) is 24.2 Å². The van der Waals surface area contributed by atoms with Crippen molar-refractivity contribution in [1.29, 1.82) is 0 Å². The van der Waals surface area contributed by atoms with E-state index in [2.05, 4.69) is 47.1 Å². The predicted molar refractivity (Wildman–Crippen MR) is 90.2 cm³/mol. The molecule has 0 aliphatic rings. The fourth-order valence-electron chi connectivity index (χ4n) is 2.68. The summed E-state index contributed by atoms with van der Waals surface area (Å²) in [4.78, 5) is 0. The van der Waals surface area contributed by atoms with Crippen molar-refractivity contribution < 1.29 is 0 Å². The summed E-state index contributed by atoms with van der Waals surface area (Å²) in [6.45, 7) is 2.97. The third kappa shape index (κ3) is 2.74. The topological polar surface area (TPSA) is 43.8 Å². The Morgan fingerprint density at radius 1 is 1.14 bits per heavy atom. The Bertz CT molecular complexity index is 764. The van der Waals surface area contributed by atoms with Crippen molar-refractivity contribution >= 4 is 26.8 Å². The van der Waals surface area contributed by atoms with Gasteiger partial charge in [0.25, 0.3) is 0 Å². The molecule has 21 heavy (non-hydrogen) atoms. The SMILES string of the molecule is CCn1nc(CC(N)c2ccccc2Br)c2ccccc21. The van der Waals surface area contributed by atoms with Gasteiger partial charge in [-0.15, -0.1) is 0 Å². The lowest BCUT2D eigenvalue weighted by molar-refractivity contribution is 0.641. The second-order valence-corrected chi connectivity index (χ2v) is 5.97. The molecule has 1 unspecified atom stereocenters. The van der Waals surface area contributed by atoms with Crippen LogP contribution < -0.4 is 5.73 Å². The van der Waals surface area contributed by atoms with Crippen molar-refractivity contribution in [1.82, 2.24) is 9.78 Å². The Kier molecular flexibility index (Phi) is 4.08. The normalized spacial score (nSPS) is 12.7. The van der Waals surface area contributed by atoms with E-state index in [0.717, 1.165) is 28.7 Å². The maximum Gasteiger partial charge on any atom is 0.0722 e. The molecule has 2 N–H and O–H groups in total. The van der Waals surface area contributed by atoms with Gasteiger partial charge in [-0.25, -0.2) is 0 Å². The summed E-state index contributed by atoms with van der Waals surface area (Å²) in [7, 11) is 0. The van der Waals surface area contributed by atoms with Crippen molar-refractivity contribution in [2.45, 2.75) is 25.9 Å². The highest BCUT2D eigenvalue weighted by atomic mass is 79.9. The zero-order valence-corrected chi connectivity index (χ0v) is 13.5. The van der Waals surface area contributed by atoms with E-state index in [1.807, 2.05) is 28.9 Å². The summed E-state index contributed by atoms with van der Waals surface area (Å²) in [5.74, 6) is 0. The second-order valence-electron chi connectivity index (χ2n) is 5.11. The summed E-state index contributed by atoms with van der Waals surface area (Å²) in [5, 5.41) is 5.92. The number of rotatable bonds is 4. The Morgan fingerprint density at radius 2 is 1.86 bits per heavy atom. The van der Waals surface area contributed by atoms with E-state index in [9.17, 15) is 0 Å². The molecule has 0 amide bonds. The van der Waals surface area contributed by atoms with Gasteiger partial charge in [0.1, 0.15) is 0 Å². The molecule has 0 bridgehead atoms. The summed E-state index contributed by atoms with van der Waals surface area (Å²) < 4.78 is 3.09. The van der Waals surface area contributed by atoms with Crippen LogP contribution in [0.25, 0.3) is 10.9 Å². The Balaban J connectivity index is 1.97. The average Bonchev–Trinajstić information content (AvgIpc) is 2.86. The van der Waals surface area contributed by atoms with Gasteiger partial charge in [-0.3, -0.25) is 4.68 Å². The lowest BCUT2D eigenvalue weighted by Crippen LogP contribution is -2.14. The molecule has 4 heteroatoms. The molecule has 108 valence electrons. The van der Waals surface area contributed by atoms with Gasteiger partial charge in [0.15, 0.2) is 0 Å². The molecule has 0 aliphatic carbocycles. The minimum atomic E-state index is -0.0656. The molecule has 1 heterocycles. The molecule has 3 nitrogen and oxygen atoms in total. The van der Waals surface area contributed by atoms with Crippen LogP contribution in [0.15, 0.2) is 53.0 Å². The van der Waals surface area contributed by atoms with Crippen LogP contribution in [0.3, 0.4) is 0 Å². The van der Waals surface area contributed by atoms with E-state index >= 15 is 0 Å². The van der Waals surface area contributed by atoms with Crippen molar-refractivity contribution in [2.24, 2.45) is 5.73 Å². The van der Waals surface area contributed by atoms with Crippen LogP contribution in [0, 0.1) is 0 Å². The molecule has 2 aromatic carbocycles. The molecule has 0 aliphatic heterocycles. The molecule has 0 fully saturated rings. The highest BCUT2D eigenvalue weighted by Crippen LogP contribution is 2.27. The number of benzene rings is 2. The van der Waals surface area contributed by atoms with Crippen LogP contribution >= 0.6 is 15.9 Å². The molecular formula is C17H18BrN3. The summed E-state index contributed by atoms with van der Waals surface area (Å²) in [6.07, 6.45) is 0.732. The standard InChI is InChI=1S/C17H18BrN3/c1-2-21-17-10-6-4-8-13(17)16(20-21)11-15(19)12-7-3-5-9-14(12)18/h3-10,15H,2,11,19H2,1H3. The van der Waals surface area contributed by atoms with E-state index in [0.29, 0.717) is 0 Å². The number of hydrogen-bond donors (Lipinski definition) is 1. The highest BCUT2D eigenvalue weighted by Gasteiger charge is 2.15. The number of fused-ring (bicyclic) bond motifs is 1. The maximum atomic E-state index is 6.39. The highest BCUT2D eigenvalue weighted by molar-refractivity contribution is 9.10. The van der Waals surface area contributed by atoms with Crippen molar-refractivity contribution in [3.63, 3.8) is 0 Å². The van der Waals surface area contributed by atoms with Crippen LogP contribution in [0.5, 0.6) is 0 Å². The van der Waals surface area contributed by atoms with Gasteiger partial charge < -0.3 is 5.73 Å². The number of para-hydroxylation sites is 1. The molecular weight excluding hydrogens is 326 g/mol. The Labute approximate surface area is 132 Å². The number of nitrogens with two attached hydrogens (primary N) is 1. The van der Waals surface area contributed by atoms with E-state index < -0.39 is 0 Å². The van der Waals surface area contributed by atoms with Gasteiger partial charge in [-0.05, 0) is 24.6 Å². The van der Waals surface area contributed by atoms with Crippen LogP contribution in [-0.4, -0.2) is 9.78 Å². The molecule has 1 atom stereocenters. The first-order valence-electron chi connectivity index (χ1n) is 7.15. The van der Waals surface area contributed by atoms with E-state index in [1.54, 1.807) is 0 Å². The minimum absolute atomic E-state index is 0.0656. The van der Waals surface area contributed by atoms with Gasteiger partial charge in [0.2, 0.25) is 0 Å². The number of aryl methyl sites for hydroxylation is 1. The van der Waals surface area contributed by atoms with Gasteiger partial charge >= 0.3 is 0 Å². The number of halogens is 1. The molecule has 3 aromatic rings. The molecule has 0 spiro atoms. The third-order valence-corrected chi connectivity index (χ3v) is 4.47. The lowest BCUT2D eigenvalue weighted by Gasteiger charge is -2.12. The first-order valence-corrected chi connectivity index (χ1v) is 7.94. The molecule has 0 saturated heterocycles. The van der Waals surface area contributed by atoms with Gasteiger partial charge in [-0.2, -0.15) is 5.10 Å². The first-order chi connectivity index (χ1) is 10.2. The van der Waals surface area contributed by atoms with Gasteiger partial charge in [-0.1, -0.05) is 52.3 Å². The Morgan fingerprint density at radius 3 is 2.62 bits per heavy atom. The maximum absolute atomic E-state index is 6.39. The summed E-state index contributed by atoms with van der Waals surface area (Å²) in [6, 6.07) is 16.4. The zero-order chi connectivity index (χ0) is 14.8. The molecule has 0 radical (unpaired) electrons. The minimum Gasteiger partial charge on any atom is -0.324 e. The lowest BCUT2D eigenvalue weighted by atomic mass is 10.0. The smallest absolute Gasteiger partial charge is 0.0722 e. The van der Waals surface area contributed by atoms with E-state index in [-0.39, 0.29) is 6.04 Å². The Hall–Kier alpha value is -1.65. The molecule has 0 saturated carbocycles. The van der Waals surface area contributed by atoms with E-state index in [4.69, 9.17) is 10.8 Å². The van der Waals surface area contributed by atoms with Gasteiger partial charge in [0, 0.05) is 28.9 Å². The number of aromatic nitrogens is 2. The molecule has 3 rings (SSSR count). The van der Waals surface area contributed by atoms with Crippen LogP contribution in [0.4, 0.5) is 0 Å². The predicted octanol–water partition coefficient (Wildman–Crippen LogP) is 4.06. The fraction of sp³-hybridized carbons (Fsp3) is 0.235. The molecule has 1 aromatic heterocycles. The monoisotopic (exact) mass is 343 g/mol. The van der Waals surface area contributed by atoms with Crippen molar-refractivity contribution in [3.8, 4) is 0 Å². The average molecular weight is 344 g/mol. The second kappa shape index (κ2) is 6.00.